The summed E-state index contributed by atoms with van der Waals surface area (Å²) in [6, 6.07) is 0.808. The molecule has 1 unspecified atom stereocenters. The van der Waals surface area contributed by atoms with Crippen molar-refractivity contribution in [3.8, 4) is 0 Å². The SMILES string of the molecule is CC(C)(C)C1CCC2(CC1)CC(CCNC1CCCCC1)CO2. The molecule has 3 aliphatic rings. The predicted molar refractivity (Wildman–Crippen MR) is 97.7 cm³/mol. The Bertz CT molecular complexity index is 359. The zero-order chi connectivity index (χ0) is 16.3. The third-order valence-electron chi connectivity index (χ3n) is 7.00. The molecule has 2 aliphatic carbocycles. The van der Waals surface area contributed by atoms with Gasteiger partial charge in [-0.3, -0.25) is 0 Å². The number of nitrogens with one attached hydrogen (secondary N) is 1. The van der Waals surface area contributed by atoms with Crippen molar-refractivity contribution in [2.75, 3.05) is 13.2 Å². The van der Waals surface area contributed by atoms with E-state index >= 15 is 0 Å². The standard InChI is InChI=1S/C21H39NO/c1-20(2,3)18-9-12-21(13-10-18)15-17(16-23-21)11-14-22-19-7-5-4-6-8-19/h17-19,22H,4-16H2,1-3H3. The van der Waals surface area contributed by atoms with Gasteiger partial charge >= 0.3 is 0 Å². The van der Waals surface area contributed by atoms with Gasteiger partial charge in [0.25, 0.3) is 0 Å². The molecule has 3 rings (SSSR count). The van der Waals surface area contributed by atoms with E-state index in [1.54, 1.807) is 0 Å². The van der Waals surface area contributed by atoms with Gasteiger partial charge in [0, 0.05) is 6.04 Å². The summed E-state index contributed by atoms with van der Waals surface area (Å²) in [5, 5.41) is 3.81. The molecule has 0 bridgehead atoms. The number of hydrogen-bond acceptors (Lipinski definition) is 2. The molecule has 0 aromatic carbocycles. The van der Waals surface area contributed by atoms with Gasteiger partial charge in [-0.2, -0.15) is 0 Å². The van der Waals surface area contributed by atoms with E-state index in [4.69, 9.17) is 4.74 Å². The Hall–Kier alpha value is -0.0800. The molecule has 1 saturated heterocycles. The summed E-state index contributed by atoms with van der Waals surface area (Å²) in [6.45, 7) is 9.45. The molecule has 2 nitrogen and oxygen atoms in total. The van der Waals surface area contributed by atoms with Crippen LogP contribution in [0, 0.1) is 17.3 Å². The highest BCUT2D eigenvalue weighted by molar-refractivity contribution is 4.95. The molecule has 1 aliphatic heterocycles. The average Bonchev–Trinajstić information content (AvgIpc) is 2.91. The average molecular weight is 322 g/mol. The van der Waals surface area contributed by atoms with Gasteiger partial charge in [0.05, 0.1) is 12.2 Å². The molecule has 0 amide bonds. The fraction of sp³-hybridized carbons (Fsp3) is 1.00. The molecule has 134 valence electrons. The summed E-state index contributed by atoms with van der Waals surface area (Å²) < 4.78 is 6.37. The molecule has 2 saturated carbocycles. The largest absolute Gasteiger partial charge is 0.375 e. The van der Waals surface area contributed by atoms with Crippen molar-refractivity contribution in [3.05, 3.63) is 0 Å². The Morgan fingerprint density at radius 1 is 1.00 bits per heavy atom. The Balaban J connectivity index is 1.37. The quantitative estimate of drug-likeness (QED) is 0.757. The maximum Gasteiger partial charge on any atom is 0.0686 e. The lowest BCUT2D eigenvalue weighted by molar-refractivity contribution is -0.0466. The van der Waals surface area contributed by atoms with E-state index in [2.05, 4.69) is 26.1 Å². The van der Waals surface area contributed by atoms with Crippen LogP contribution in [-0.4, -0.2) is 24.8 Å². The Kier molecular flexibility index (Phi) is 5.73. The van der Waals surface area contributed by atoms with Crippen LogP contribution < -0.4 is 5.32 Å². The predicted octanol–water partition coefficient (Wildman–Crippen LogP) is 5.31. The zero-order valence-corrected chi connectivity index (χ0v) is 15.8. The zero-order valence-electron chi connectivity index (χ0n) is 15.8. The van der Waals surface area contributed by atoms with Crippen LogP contribution in [0.15, 0.2) is 0 Å². The van der Waals surface area contributed by atoms with Crippen molar-refractivity contribution < 1.29 is 4.74 Å². The molecule has 2 heteroatoms. The number of ether oxygens (including phenoxy) is 1. The summed E-state index contributed by atoms with van der Waals surface area (Å²) in [4.78, 5) is 0. The summed E-state index contributed by atoms with van der Waals surface area (Å²) in [6.07, 6.45) is 15.1. The molecule has 0 aromatic heterocycles. The van der Waals surface area contributed by atoms with Crippen LogP contribution in [0.4, 0.5) is 0 Å². The van der Waals surface area contributed by atoms with Gasteiger partial charge in [-0.05, 0) is 75.2 Å². The second-order valence-corrected chi connectivity index (χ2v) is 9.78. The van der Waals surface area contributed by atoms with Crippen LogP contribution in [0.1, 0.15) is 91.4 Å². The van der Waals surface area contributed by atoms with E-state index in [1.165, 1.54) is 77.2 Å². The second-order valence-electron chi connectivity index (χ2n) is 9.78. The van der Waals surface area contributed by atoms with E-state index in [0.717, 1.165) is 24.5 Å². The van der Waals surface area contributed by atoms with Crippen LogP contribution >= 0.6 is 0 Å². The van der Waals surface area contributed by atoms with Crippen LogP contribution in [0.3, 0.4) is 0 Å². The van der Waals surface area contributed by atoms with Crippen molar-refractivity contribution in [2.24, 2.45) is 17.3 Å². The molecule has 1 spiro atoms. The lowest BCUT2D eigenvalue weighted by Gasteiger charge is -2.41. The minimum absolute atomic E-state index is 0.261. The molecule has 3 fully saturated rings. The highest BCUT2D eigenvalue weighted by Crippen LogP contribution is 2.48. The van der Waals surface area contributed by atoms with E-state index in [9.17, 15) is 0 Å². The van der Waals surface area contributed by atoms with Crippen LogP contribution in [0.2, 0.25) is 0 Å². The van der Waals surface area contributed by atoms with Gasteiger partial charge < -0.3 is 10.1 Å². The smallest absolute Gasteiger partial charge is 0.0686 e. The third kappa shape index (κ3) is 4.72. The minimum atomic E-state index is 0.261. The van der Waals surface area contributed by atoms with Crippen molar-refractivity contribution in [3.63, 3.8) is 0 Å². The molecule has 1 N–H and O–H groups in total. The molecule has 0 radical (unpaired) electrons. The van der Waals surface area contributed by atoms with Gasteiger partial charge in [0.15, 0.2) is 0 Å². The molecule has 0 aromatic rings. The Labute approximate surface area is 144 Å². The van der Waals surface area contributed by atoms with Crippen LogP contribution in [0.25, 0.3) is 0 Å². The first-order chi connectivity index (χ1) is 11.0. The van der Waals surface area contributed by atoms with Crippen molar-refractivity contribution >= 4 is 0 Å². The summed E-state index contributed by atoms with van der Waals surface area (Å²) >= 11 is 0. The highest BCUT2D eigenvalue weighted by atomic mass is 16.5. The van der Waals surface area contributed by atoms with Gasteiger partial charge in [0.2, 0.25) is 0 Å². The molecule has 23 heavy (non-hydrogen) atoms. The fourth-order valence-electron chi connectivity index (χ4n) is 5.28. The summed E-state index contributed by atoms with van der Waals surface area (Å²) in [5.41, 5.74) is 0.737. The van der Waals surface area contributed by atoms with Gasteiger partial charge in [-0.1, -0.05) is 40.0 Å². The monoisotopic (exact) mass is 321 g/mol. The maximum atomic E-state index is 6.37. The van der Waals surface area contributed by atoms with E-state index in [0.29, 0.717) is 5.41 Å². The molecular weight excluding hydrogens is 282 g/mol. The highest BCUT2D eigenvalue weighted by Gasteiger charge is 2.44. The van der Waals surface area contributed by atoms with Crippen LogP contribution in [-0.2, 0) is 4.74 Å². The first kappa shape index (κ1) is 17.7. The molecule has 1 atom stereocenters. The normalized spacial score (nSPS) is 36.7. The van der Waals surface area contributed by atoms with Gasteiger partial charge in [-0.15, -0.1) is 0 Å². The lowest BCUT2D eigenvalue weighted by Crippen LogP contribution is -2.37. The maximum absolute atomic E-state index is 6.37. The first-order valence-electron chi connectivity index (χ1n) is 10.3. The molecular formula is C21H39NO. The van der Waals surface area contributed by atoms with Crippen molar-refractivity contribution in [1.82, 2.24) is 5.32 Å². The van der Waals surface area contributed by atoms with Crippen molar-refractivity contribution in [1.29, 1.82) is 0 Å². The minimum Gasteiger partial charge on any atom is -0.375 e. The van der Waals surface area contributed by atoms with Crippen molar-refractivity contribution in [2.45, 2.75) is 103 Å². The first-order valence-corrected chi connectivity index (χ1v) is 10.3. The Morgan fingerprint density at radius 2 is 1.70 bits per heavy atom. The van der Waals surface area contributed by atoms with E-state index in [1.807, 2.05) is 0 Å². The topological polar surface area (TPSA) is 21.3 Å². The lowest BCUT2D eigenvalue weighted by atomic mass is 9.67. The van der Waals surface area contributed by atoms with Gasteiger partial charge in [-0.25, -0.2) is 0 Å². The number of hydrogen-bond donors (Lipinski definition) is 1. The van der Waals surface area contributed by atoms with Crippen LogP contribution in [0.5, 0.6) is 0 Å². The molecule has 1 heterocycles. The van der Waals surface area contributed by atoms with Gasteiger partial charge in [0.1, 0.15) is 0 Å². The van der Waals surface area contributed by atoms with E-state index < -0.39 is 0 Å². The van der Waals surface area contributed by atoms with E-state index in [-0.39, 0.29) is 5.60 Å². The number of rotatable bonds is 4. The Morgan fingerprint density at radius 3 is 2.35 bits per heavy atom. The second kappa shape index (κ2) is 7.44. The summed E-state index contributed by atoms with van der Waals surface area (Å²) in [7, 11) is 0. The third-order valence-corrected chi connectivity index (χ3v) is 7.00. The fourth-order valence-corrected chi connectivity index (χ4v) is 5.28. The summed E-state index contributed by atoms with van der Waals surface area (Å²) in [5.74, 6) is 1.70.